The van der Waals surface area contributed by atoms with Crippen molar-refractivity contribution in [2.45, 2.75) is 97.1 Å². The Balaban J connectivity index is 1.02. The molecule has 7 heteroatoms. The maximum atomic E-state index is 4.48. The molecule has 2 saturated heterocycles. The Morgan fingerprint density at radius 2 is 1.69 bits per heavy atom. The fourth-order valence-corrected chi connectivity index (χ4v) is 7.45. The number of aryl methyl sites for hydroxylation is 1. The van der Waals surface area contributed by atoms with Gasteiger partial charge in [0.25, 0.3) is 5.82 Å². The van der Waals surface area contributed by atoms with Crippen LogP contribution in [0.1, 0.15) is 81.1 Å². The number of aromatic nitrogens is 4. The fraction of sp³-hybridized carbons (Fsp3) is 0.625. The first kappa shape index (κ1) is 26.7. The number of benzene rings is 1. The number of nitrogens with one attached hydrogen (secondary N) is 2. The molecule has 0 unspecified atom stereocenters. The summed E-state index contributed by atoms with van der Waals surface area (Å²) in [5.74, 6) is 2.24. The van der Waals surface area contributed by atoms with E-state index in [0.717, 1.165) is 44.6 Å². The summed E-state index contributed by atoms with van der Waals surface area (Å²) in [5, 5.41) is 0. The van der Waals surface area contributed by atoms with Crippen LogP contribution in [0.15, 0.2) is 49.1 Å². The topological polar surface area (TPSA) is 58.1 Å². The largest absolute Gasteiger partial charge is 0.348 e. The van der Waals surface area contributed by atoms with Gasteiger partial charge in [0.15, 0.2) is 0 Å². The van der Waals surface area contributed by atoms with Crippen molar-refractivity contribution in [3.63, 3.8) is 0 Å². The highest BCUT2D eigenvalue weighted by Crippen LogP contribution is 2.42. The van der Waals surface area contributed by atoms with Crippen LogP contribution in [0.5, 0.6) is 0 Å². The van der Waals surface area contributed by atoms with E-state index < -0.39 is 0 Å². The van der Waals surface area contributed by atoms with Crippen molar-refractivity contribution in [1.82, 2.24) is 29.7 Å². The van der Waals surface area contributed by atoms with Gasteiger partial charge in [-0.2, -0.15) is 0 Å². The summed E-state index contributed by atoms with van der Waals surface area (Å²) in [7, 11) is 0. The summed E-state index contributed by atoms with van der Waals surface area (Å²) >= 11 is 0. The summed E-state index contributed by atoms with van der Waals surface area (Å²) in [6.45, 7) is 12.0. The first-order chi connectivity index (χ1) is 19.2. The SMILES string of the molecule is CC[n+]1cc[nH]c1CN(Cc1ccc(CN2CCC3(CCN(C4CCCCC4)CC3)C2)cc1)Cc1ncc[nH]1. The Labute approximate surface area is 234 Å². The highest BCUT2D eigenvalue weighted by molar-refractivity contribution is 5.23. The van der Waals surface area contributed by atoms with Gasteiger partial charge in [-0.1, -0.05) is 43.5 Å². The summed E-state index contributed by atoms with van der Waals surface area (Å²) < 4.78 is 2.28. The van der Waals surface area contributed by atoms with E-state index in [0.29, 0.717) is 5.41 Å². The van der Waals surface area contributed by atoms with E-state index in [1.165, 1.54) is 94.5 Å². The lowest BCUT2D eigenvalue weighted by atomic mass is 9.77. The number of hydrogen-bond donors (Lipinski definition) is 2. The van der Waals surface area contributed by atoms with E-state index in [4.69, 9.17) is 0 Å². The second-order valence-corrected chi connectivity index (χ2v) is 12.5. The molecule has 2 aromatic heterocycles. The van der Waals surface area contributed by atoms with Gasteiger partial charge in [0, 0.05) is 38.1 Å². The minimum atomic E-state index is 0.574. The lowest BCUT2D eigenvalue weighted by Crippen LogP contribution is -2.46. The second-order valence-electron chi connectivity index (χ2n) is 12.5. The van der Waals surface area contributed by atoms with Gasteiger partial charge in [0.2, 0.25) is 0 Å². The Hall–Kier alpha value is -2.48. The van der Waals surface area contributed by atoms with Gasteiger partial charge in [-0.3, -0.25) is 9.80 Å². The number of imidazole rings is 2. The summed E-state index contributed by atoms with van der Waals surface area (Å²) in [4.78, 5) is 19.2. The van der Waals surface area contributed by atoms with Crippen molar-refractivity contribution >= 4 is 0 Å². The Kier molecular flexibility index (Phi) is 8.47. The van der Waals surface area contributed by atoms with Gasteiger partial charge in [0.05, 0.1) is 13.1 Å². The van der Waals surface area contributed by atoms with E-state index in [9.17, 15) is 0 Å². The van der Waals surface area contributed by atoms with E-state index in [2.05, 4.69) is 71.6 Å². The monoisotopic (exact) mass is 530 g/mol. The third-order valence-corrected chi connectivity index (χ3v) is 9.80. The van der Waals surface area contributed by atoms with E-state index in [1.54, 1.807) is 0 Å². The van der Waals surface area contributed by atoms with Crippen molar-refractivity contribution in [2.75, 3.05) is 26.2 Å². The van der Waals surface area contributed by atoms with Gasteiger partial charge < -0.3 is 9.88 Å². The molecule has 4 heterocycles. The molecule has 3 aliphatic rings. The predicted octanol–water partition coefficient (Wildman–Crippen LogP) is 4.87. The number of nitrogens with zero attached hydrogens (tertiary/aromatic N) is 5. The molecule has 0 bridgehead atoms. The minimum Gasteiger partial charge on any atom is -0.348 e. The Morgan fingerprint density at radius 3 is 2.44 bits per heavy atom. The molecule has 0 radical (unpaired) electrons. The smallest absolute Gasteiger partial charge is 0.268 e. The zero-order chi connectivity index (χ0) is 26.5. The molecular weight excluding hydrogens is 482 g/mol. The lowest BCUT2D eigenvalue weighted by molar-refractivity contribution is -0.700. The third-order valence-electron chi connectivity index (χ3n) is 9.80. The third kappa shape index (κ3) is 6.64. The second kappa shape index (κ2) is 12.4. The normalized spacial score (nSPS) is 20.9. The van der Waals surface area contributed by atoms with Crippen molar-refractivity contribution < 1.29 is 4.57 Å². The van der Waals surface area contributed by atoms with Gasteiger partial charge >= 0.3 is 0 Å². The van der Waals surface area contributed by atoms with Gasteiger partial charge in [-0.25, -0.2) is 14.5 Å². The molecule has 1 spiro atoms. The van der Waals surface area contributed by atoms with Crippen molar-refractivity contribution in [3.05, 3.63) is 71.8 Å². The predicted molar refractivity (Wildman–Crippen MR) is 155 cm³/mol. The number of hydrogen-bond acceptors (Lipinski definition) is 4. The van der Waals surface area contributed by atoms with Crippen molar-refractivity contribution in [3.8, 4) is 0 Å². The van der Waals surface area contributed by atoms with Crippen molar-refractivity contribution in [2.24, 2.45) is 5.41 Å². The molecule has 39 heavy (non-hydrogen) atoms. The molecule has 6 rings (SSSR count). The maximum Gasteiger partial charge on any atom is 0.268 e. The molecule has 210 valence electrons. The average molecular weight is 531 g/mol. The molecule has 3 fully saturated rings. The molecule has 2 N–H and O–H groups in total. The Bertz CT molecular complexity index is 1140. The molecule has 3 aromatic rings. The summed E-state index contributed by atoms with van der Waals surface area (Å²) in [5.41, 5.74) is 3.37. The van der Waals surface area contributed by atoms with Crippen LogP contribution in [0, 0.1) is 5.41 Å². The molecule has 1 aromatic carbocycles. The highest BCUT2D eigenvalue weighted by atomic mass is 15.2. The van der Waals surface area contributed by atoms with E-state index in [-0.39, 0.29) is 0 Å². The number of H-pyrrole nitrogens is 2. The summed E-state index contributed by atoms with van der Waals surface area (Å²) in [6, 6.07) is 10.3. The number of rotatable bonds is 10. The molecule has 1 saturated carbocycles. The van der Waals surface area contributed by atoms with Crippen LogP contribution < -0.4 is 4.57 Å². The fourth-order valence-electron chi connectivity index (χ4n) is 7.45. The van der Waals surface area contributed by atoms with Gasteiger partial charge in [0.1, 0.15) is 24.8 Å². The van der Waals surface area contributed by atoms with Crippen LogP contribution in [-0.2, 0) is 32.7 Å². The molecule has 1 aliphatic carbocycles. The number of aromatic amines is 2. The lowest BCUT2D eigenvalue weighted by Gasteiger charge is -2.43. The zero-order valence-electron chi connectivity index (χ0n) is 24.0. The minimum absolute atomic E-state index is 0.574. The Morgan fingerprint density at radius 1 is 0.923 bits per heavy atom. The van der Waals surface area contributed by atoms with Crippen LogP contribution in [0.25, 0.3) is 0 Å². The average Bonchev–Trinajstić information content (AvgIpc) is 3.73. The zero-order valence-corrected chi connectivity index (χ0v) is 24.0. The van der Waals surface area contributed by atoms with Gasteiger partial charge in [-0.05, 0) is 75.2 Å². The van der Waals surface area contributed by atoms with Crippen LogP contribution in [0.3, 0.4) is 0 Å². The summed E-state index contributed by atoms with van der Waals surface area (Å²) in [6.07, 6.45) is 19.4. The van der Waals surface area contributed by atoms with Crippen LogP contribution in [0.4, 0.5) is 0 Å². The van der Waals surface area contributed by atoms with Gasteiger partial charge in [-0.15, -0.1) is 0 Å². The van der Waals surface area contributed by atoms with Crippen LogP contribution in [0.2, 0.25) is 0 Å². The molecule has 0 atom stereocenters. The quantitative estimate of drug-likeness (QED) is 0.367. The molecular formula is C32H48N7+. The highest BCUT2D eigenvalue weighted by Gasteiger charge is 2.41. The number of piperidine rings is 1. The maximum absolute atomic E-state index is 4.48. The molecule has 7 nitrogen and oxygen atoms in total. The van der Waals surface area contributed by atoms with Crippen LogP contribution >= 0.6 is 0 Å². The first-order valence-corrected chi connectivity index (χ1v) is 15.5. The van der Waals surface area contributed by atoms with Crippen LogP contribution in [-0.4, -0.2) is 61.9 Å². The first-order valence-electron chi connectivity index (χ1n) is 15.5. The van der Waals surface area contributed by atoms with E-state index >= 15 is 0 Å². The van der Waals surface area contributed by atoms with Crippen molar-refractivity contribution in [1.29, 1.82) is 0 Å². The standard InChI is InChI=1S/C32H47N7/c1-2-38-21-17-35-31(38)25-37(24-30-33-15-16-34-30)23-28-10-8-27(9-11-28)22-36-18-12-32(26-36)13-19-39(20-14-32)29-6-4-3-5-7-29/h8-11,15-17,21,29H,2-7,12-14,18-20,22-26H2,1H3,(H,33,34)/p+1. The van der Waals surface area contributed by atoms with E-state index in [1.807, 2.05) is 18.6 Å². The molecule has 2 aliphatic heterocycles. The number of likely N-dealkylation sites (tertiary alicyclic amines) is 2. The molecule has 0 amide bonds.